The van der Waals surface area contributed by atoms with E-state index in [9.17, 15) is 0 Å². The molecule has 0 aliphatic carbocycles. The van der Waals surface area contributed by atoms with Crippen LogP contribution in [0, 0.1) is 5.41 Å². The van der Waals surface area contributed by atoms with Gasteiger partial charge in [-0.25, -0.2) is 4.68 Å². The van der Waals surface area contributed by atoms with Gasteiger partial charge in [0.25, 0.3) is 0 Å². The summed E-state index contributed by atoms with van der Waals surface area (Å²) < 4.78 is 1.84. The molecule has 0 unspecified atom stereocenters. The summed E-state index contributed by atoms with van der Waals surface area (Å²) in [6, 6.07) is 5.37. The van der Waals surface area contributed by atoms with Crippen molar-refractivity contribution >= 4 is 17.3 Å². The first kappa shape index (κ1) is 15.8. The van der Waals surface area contributed by atoms with Crippen LogP contribution >= 0.6 is 11.6 Å². The third kappa shape index (κ3) is 3.53. The predicted octanol–water partition coefficient (Wildman–Crippen LogP) is 3.75. The number of benzene rings is 1. The molecule has 2 aromatic rings. The zero-order valence-electron chi connectivity index (χ0n) is 13.2. The van der Waals surface area contributed by atoms with Gasteiger partial charge < -0.3 is 5.73 Å². The highest BCUT2D eigenvalue weighted by Crippen LogP contribution is 2.35. The third-order valence-electron chi connectivity index (χ3n) is 3.24. The number of hydrogen-bond donors (Lipinski definition) is 1. The molecule has 2 N–H and O–H groups in total. The Kier molecular flexibility index (Phi) is 3.97. The number of tetrazole rings is 1. The van der Waals surface area contributed by atoms with E-state index >= 15 is 0 Å². The molecule has 0 amide bonds. The monoisotopic (exact) mass is 307 g/mol. The van der Waals surface area contributed by atoms with E-state index in [1.807, 2.05) is 10.7 Å². The van der Waals surface area contributed by atoms with E-state index in [1.165, 1.54) is 0 Å². The van der Waals surface area contributed by atoms with E-state index in [2.05, 4.69) is 50.1 Å². The van der Waals surface area contributed by atoms with Crippen LogP contribution in [0.5, 0.6) is 0 Å². The van der Waals surface area contributed by atoms with Gasteiger partial charge in [0.2, 0.25) is 0 Å². The van der Waals surface area contributed by atoms with Crippen molar-refractivity contribution in [2.45, 2.75) is 46.6 Å². The number of hydrogen-bond acceptors (Lipinski definition) is 4. The number of aromatic nitrogens is 4. The molecule has 0 aliphatic rings. The summed E-state index contributed by atoms with van der Waals surface area (Å²) in [5.41, 5.74) is 7.10. The Labute approximate surface area is 130 Å². The summed E-state index contributed by atoms with van der Waals surface area (Å²) in [6.07, 6.45) is 0.935. The number of rotatable bonds is 3. The lowest BCUT2D eigenvalue weighted by atomic mass is 9.82. The van der Waals surface area contributed by atoms with Crippen molar-refractivity contribution in [2.75, 3.05) is 5.73 Å². The number of anilines is 1. The molecule has 5 nitrogen and oxygen atoms in total. The fourth-order valence-corrected chi connectivity index (χ4v) is 3.12. The lowest BCUT2D eigenvalue weighted by Crippen LogP contribution is -2.33. The Morgan fingerprint density at radius 2 is 1.86 bits per heavy atom. The molecule has 1 aromatic carbocycles. The van der Waals surface area contributed by atoms with Gasteiger partial charge in [-0.15, -0.1) is 5.10 Å². The minimum atomic E-state index is -0.220. The van der Waals surface area contributed by atoms with Gasteiger partial charge in [-0.1, -0.05) is 32.4 Å². The van der Waals surface area contributed by atoms with Gasteiger partial charge in [-0.3, -0.25) is 0 Å². The van der Waals surface area contributed by atoms with Gasteiger partial charge in [0, 0.05) is 11.3 Å². The Bertz CT molecular complexity index is 640. The van der Waals surface area contributed by atoms with E-state index in [4.69, 9.17) is 17.3 Å². The van der Waals surface area contributed by atoms with Gasteiger partial charge in [-0.05, 0) is 54.3 Å². The largest absolute Gasteiger partial charge is 0.399 e. The molecule has 0 atom stereocenters. The van der Waals surface area contributed by atoms with Crippen LogP contribution in [-0.2, 0) is 5.54 Å². The average Bonchev–Trinajstić information content (AvgIpc) is 2.75. The first-order chi connectivity index (χ1) is 9.60. The maximum absolute atomic E-state index is 6.29. The number of nitrogen functional groups attached to an aromatic ring is 1. The Morgan fingerprint density at radius 3 is 2.43 bits per heavy atom. The summed E-state index contributed by atoms with van der Waals surface area (Å²) in [6.45, 7) is 10.9. The summed E-state index contributed by atoms with van der Waals surface area (Å²) in [5, 5.41) is 12.7. The molecule has 0 fully saturated rings. The third-order valence-corrected chi connectivity index (χ3v) is 3.55. The highest BCUT2D eigenvalue weighted by Gasteiger charge is 2.31. The SMILES string of the molecule is CC(C)(C)CC(C)(C)n1nnnc1-c1ccc(N)cc1Cl. The molecule has 0 radical (unpaired) electrons. The lowest BCUT2D eigenvalue weighted by Gasteiger charge is -2.32. The minimum absolute atomic E-state index is 0.164. The van der Waals surface area contributed by atoms with Crippen LogP contribution in [0.25, 0.3) is 11.4 Å². The Balaban J connectivity index is 2.47. The summed E-state index contributed by atoms with van der Waals surface area (Å²) in [7, 11) is 0. The van der Waals surface area contributed by atoms with Gasteiger partial charge in [0.1, 0.15) is 0 Å². The van der Waals surface area contributed by atoms with E-state index in [-0.39, 0.29) is 11.0 Å². The Morgan fingerprint density at radius 1 is 1.19 bits per heavy atom. The van der Waals surface area contributed by atoms with Crippen LogP contribution in [0.1, 0.15) is 41.0 Å². The molecule has 1 heterocycles. The van der Waals surface area contributed by atoms with Crippen molar-refractivity contribution in [2.24, 2.45) is 5.41 Å². The molecule has 21 heavy (non-hydrogen) atoms. The predicted molar refractivity (Wildman–Crippen MR) is 86.1 cm³/mol. The van der Waals surface area contributed by atoms with Crippen molar-refractivity contribution in [3.63, 3.8) is 0 Å². The quantitative estimate of drug-likeness (QED) is 0.877. The van der Waals surface area contributed by atoms with Gasteiger partial charge in [0.15, 0.2) is 5.82 Å². The van der Waals surface area contributed by atoms with Gasteiger partial charge in [-0.2, -0.15) is 0 Å². The fraction of sp³-hybridized carbons (Fsp3) is 0.533. The summed E-state index contributed by atoms with van der Waals surface area (Å²) in [4.78, 5) is 0. The highest BCUT2D eigenvalue weighted by molar-refractivity contribution is 6.33. The molecule has 2 rings (SSSR count). The van der Waals surface area contributed by atoms with E-state index in [0.29, 0.717) is 16.5 Å². The van der Waals surface area contributed by atoms with Crippen LogP contribution < -0.4 is 5.73 Å². The van der Waals surface area contributed by atoms with Crippen LogP contribution in [0.2, 0.25) is 5.02 Å². The molecular formula is C15H22ClN5. The lowest BCUT2D eigenvalue weighted by molar-refractivity contribution is 0.197. The van der Waals surface area contributed by atoms with Crippen molar-refractivity contribution in [3.05, 3.63) is 23.2 Å². The molecule has 114 valence electrons. The second kappa shape index (κ2) is 5.30. The molecular weight excluding hydrogens is 286 g/mol. The van der Waals surface area contributed by atoms with Gasteiger partial charge >= 0.3 is 0 Å². The van der Waals surface area contributed by atoms with Crippen LogP contribution in [0.15, 0.2) is 18.2 Å². The van der Waals surface area contributed by atoms with Crippen LogP contribution in [0.4, 0.5) is 5.69 Å². The Hall–Kier alpha value is -1.62. The van der Waals surface area contributed by atoms with Crippen molar-refractivity contribution in [3.8, 4) is 11.4 Å². The molecule has 0 bridgehead atoms. The van der Waals surface area contributed by atoms with Crippen molar-refractivity contribution < 1.29 is 0 Å². The maximum Gasteiger partial charge on any atom is 0.184 e. The number of nitrogens with zero attached hydrogens (tertiary/aromatic N) is 4. The summed E-state index contributed by atoms with van der Waals surface area (Å²) in [5.74, 6) is 0.661. The second-order valence-corrected chi connectivity index (χ2v) is 7.61. The number of nitrogens with two attached hydrogens (primary N) is 1. The zero-order chi connectivity index (χ0) is 15.8. The molecule has 0 saturated carbocycles. The van der Waals surface area contributed by atoms with E-state index in [0.717, 1.165) is 12.0 Å². The molecule has 0 spiro atoms. The minimum Gasteiger partial charge on any atom is -0.399 e. The zero-order valence-corrected chi connectivity index (χ0v) is 13.9. The molecule has 0 aliphatic heterocycles. The van der Waals surface area contributed by atoms with E-state index < -0.39 is 0 Å². The fourth-order valence-electron chi connectivity index (χ4n) is 2.85. The topological polar surface area (TPSA) is 69.6 Å². The number of halogens is 1. The maximum atomic E-state index is 6.29. The summed E-state index contributed by atoms with van der Waals surface area (Å²) >= 11 is 6.29. The van der Waals surface area contributed by atoms with Crippen LogP contribution in [-0.4, -0.2) is 20.2 Å². The second-order valence-electron chi connectivity index (χ2n) is 7.20. The standard InChI is InChI=1S/C15H22ClN5/c1-14(2,3)9-15(4,5)21-13(18-19-20-21)11-7-6-10(17)8-12(11)16/h6-8H,9,17H2,1-5H3. The first-order valence-electron chi connectivity index (χ1n) is 6.94. The highest BCUT2D eigenvalue weighted by atomic mass is 35.5. The molecule has 6 heteroatoms. The van der Waals surface area contributed by atoms with Crippen molar-refractivity contribution in [1.29, 1.82) is 0 Å². The molecule has 0 saturated heterocycles. The normalized spacial score (nSPS) is 12.7. The van der Waals surface area contributed by atoms with E-state index in [1.54, 1.807) is 12.1 Å². The van der Waals surface area contributed by atoms with Gasteiger partial charge in [0.05, 0.1) is 10.6 Å². The molecule has 1 aromatic heterocycles. The first-order valence-corrected chi connectivity index (χ1v) is 7.32. The average molecular weight is 308 g/mol. The van der Waals surface area contributed by atoms with Crippen molar-refractivity contribution in [1.82, 2.24) is 20.2 Å². The smallest absolute Gasteiger partial charge is 0.184 e. The van der Waals surface area contributed by atoms with Crippen LogP contribution in [0.3, 0.4) is 0 Å².